The molecule has 0 radical (unpaired) electrons. The number of nitrogen functional groups attached to an aromatic ring is 1. The van der Waals surface area contributed by atoms with Crippen molar-refractivity contribution in [2.75, 3.05) is 12.8 Å². The van der Waals surface area contributed by atoms with Gasteiger partial charge in [-0.3, -0.25) is 0 Å². The quantitative estimate of drug-likeness (QED) is 0.867. The zero-order valence-corrected chi connectivity index (χ0v) is 12.9. The summed E-state index contributed by atoms with van der Waals surface area (Å²) in [6.45, 7) is 2.07. The Morgan fingerprint density at radius 3 is 2.65 bits per heavy atom. The maximum Gasteiger partial charge on any atom is 0.185 e. The van der Waals surface area contributed by atoms with Gasteiger partial charge in [0.15, 0.2) is 9.84 Å². The molecule has 2 unspecified atom stereocenters. The highest BCUT2D eigenvalue weighted by atomic mass is 32.2. The average Bonchev–Trinajstić information content (AvgIpc) is 2.46. The summed E-state index contributed by atoms with van der Waals surface area (Å²) in [7, 11) is -1.89. The van der Waals surface area contributed by atoms with Crippen LogP contribution in [0.4, 0.5) is 5.69 Å². The van der Waals surface area contributed by atoms with Gasteiger partial charge in [-0.15, -0.1) is 0 Å². The van der Waals surface area contributed by atoms with Crippen LogP contribution in [-0.4, -0.2) is 20.8 Å². The smallest absolute Gasteiger partial charge is 0.185 e. The maximum atomic E-state index is 12.9. The van der Waals surface area contributed by atoms with Crippen LogP contribution in [0.25, 0.3) is 0 Å². The topological polar surface area (TPSA) is 69.4 Å². The van der Waals surface area contributed by atoms with Crippen LogP contribution in [0.15, 0.2) is 23.1 Å². The van der Waals surface area contributed by atoms with E-state index in [-0.39, 0.29) is 16.1 Å². The number of ether oxygens (including phenoxy) is 1. The number of hydrogen-bond donors (Lipinski definition) is 1. The van der Waals surface area contributed by atoms with Gasteiger partial charge in [0.05, 0.1) is 12.4 Å². The van der Waals surface area contributed by atoms with Crippen LogP contribution in [0.5, 0.6) is 5.75 Å². The van der Waals surface area contributed by atoms with Gasteiger partial charge in [0.1, 0.15) is 10.6 Å². The third-order valence-electron chi connectivity index (χ3n) is 4.26. The molecule has 4 nitrogen and oxygen atoms in total. The van der Waals surface area contributed by atoms with E-state index in [0.717, 1.165) is 32.1 Å². The maximum absolute atomic E-state index is 12.9. The van der Waals surface area contributed by atoms with Gasteiger partial charge >= 0.3 is 0 Å². The Kier molecular flexibility index (Phi) is 4.58. The van der Waals surface area contributed by atoms with E-state index in [1.54, 1.807) is 18.2 Å². The highest BCUT2D eigenvalue weighted by Crippen LogP contribution is 2.38. The highest BCUT2D eigenvalue weighted by molar-refractivity contribution is 7.92. The van der Waals surface area contributed by atoms with Gasteiger partial charge in [-0.1, -0.05) is 26.2 Å². The first-order valence-corrected chi connectivity index (χ1v) is 8.72. The van der Waals surface area contributed by atoms with Gasteiger partial charge in [-0.05, 0) is 30.9 Å². The van der Waals surface area contributed by atoms with E-state index in [0.29, 0.717) is 11.4 Å². The first-order chi connectivity index (χ1) is 9.50. The summed E-state index contributed by atoms with van der Waals surface area (Å²) in [5, 5.41) is -0.293. The van der Waals surface area contributed by atoms with Crippen molar-refractivity contribution >= 4 is 15.5 Å². The van der Waals surface area contributed by atoms with Gasteiger partial charge in [-0.25, -0.2) is 8.42 Å². The van der Waals surface area contributed by atoms with Crippen LogP contribution in [0.2, 0.25) is 0 Å². The number of benzene rings is 1. The molecule has 112 valence electrons. The van der Waals surface area contributed by atoms with Crippen molar-refractivity contribution in [3.63, 3.8) is 0 Å². The van der Waals surface area contributed by atoms with E-state index in [1.165, 1.54) is 7.11 Å². The van der Waals surface area contributed by atoms with Crippen molar-refractivity contribution < 1.29 is 13.2 Å². The summed E-state index contributed by atoms with van der Waals surface area (Å²) in [4.78, 5) is 0.277. The molecule has 0 bridgehead atoms. The molecule has 1 aromatic carbocycles. The first-order valence-electron chi connectivity index (χ1n) is 7.18. The Balaban J connectivity index is 2.43. The minimum Gasteiger partial charge on any atom is -0.495 e. The molecule has 1 aliphatic carbocycles. The zero-order valence-electron chi connectivity index (χ0n) is 12.1. The van der Waals surface area contributed by atoms with Crippen molar-refractivity contribution in [2.24, 2.45) is 5.92 Å². The summed E-state index contributed by atoms with van der Waals surface area (Å²) in [6, 6.07) is 4.78. The van der Waals surface area contributed by atoms with Crippen molar-refractivity contribution in [3.05, 3.63) is 18.2 Å². The lowest BCUT2D eigenvalue weighted by Gasteiger charge is -2.30. The van der Waals surface area contributed by atoms with Crippen LogP contribution in [0.3, 0.4) is 0 Å². The fourth-order valence-electron chi connectivity index (χ4n) is 3.13. The lowest BCUT2D eigenvalue weighted by atomic mass is 9.87. The average molecular weight is 297 g/mol. The minimum absolute atomic E-state index is 0.246. The second-order valence-corrected chi connectivity index (χ2v) is 7.58. The number of hydrogen-bond acceptors (Lipinski definition) is 4. The lowest BCUT2D eigenvalue weighted by molar-refractivity contribution is 0.346. The Hall–Kier alpha value is -1.23. The second kappa shape index (κ2) is 6.04. The molecule has 20 heavy (non-hydrogen) atoms. The van der Waals surface area contributed by atoms with Crippen molar-refractivity contribution in [2.45, 2.75) is 49.2 Å². The molecular weight excluding hydrogens is 274 g/mol. The van der Waals surface area contributed by atoms with E-state index in [2.05, 4.69) is 6.92 Å². The summed E-state index contributed by atoms with van der Waals surface area (Å²) in [5.74, 6) is 0.599. The van der Waals surface area contributed by atoms with E-state index in [4.69, 9.17) is 10.5 Å². The third kappa shape index (κ3) is 2.77. The molecule has 2 atom stereocenters. The predicted molar refractivity (Wildman–Crippen MR) is 80.6 cm³/mol. The van der Waals surface area contributed by atoms with E-state index >= 15 is 0 Å². The third-order valence-corrected chi connectivity index (χ3v) is 6.62. The van der Waals surface area contributed by atoms with Gasteiger partial charge in [0.25, 0.3) is 0 Å². The summed E-state index contributed by atoms with van der Waals surface area (Å²) in [6.07, 6.45) is 4.76. The van der Waals surface area contributed by atoms with Crippen molar-refractivity contribution in [1.82, 2.24) is 0 Å². The van der Waals surface area contributed by atoms with Crippen molar-refractivity contribution in [3.8, 4) is 5.75 Å². The Morgan fingerprint density at radius 2 is 2.00 bits per heavy atom. The molecule has 0 saturated heterocycles. The number of rotatable bonds is 4. The SMILES string of the molecule is CCC1CCCCC1S(=O)(=O)c1ccc(N)cc1OC. The van der Waals surface area contributed by atoms with Crippen LogP contribution >= 0.6 is 0 Å². The van der Waals surface area contributed by atoms with Gasteiger partial charge in [0.2, 0.25) is 0 Å². The minimum atomic E-state index is -3.36. The van der Waals surface area contributed by atoms with Crippen LogP contribution < -0.4 is 10.5 Å². The fraction of sp³-hybridized carbons (Fsp3) is 0.600. The summed E-state index contributed by atoms with van der Waals surface area (Å²) >= 11 is 0. The van der Waals surface area contributed by atoms with E-state index < -0.39 is 9.84 Å². The van der Waals surface area contributed by atoms with Crippen LogP contribution in [0, 0.1) is 5.92 Å². The van der Waals surface area contributed by atoms with Crippen LogP contribution in [-0.2, 0) is 9.84 Å². The summed E-state index contributed by atoms with van der Waals surface area (Å²) < 4.78 is 31.1. The van der Waals surface area contributed by atoms with Gasteiger partial charge in [0, 0.05) is 11.8 Å². The molecule has 2 N–H and O–H groups in total. The molecule has 0 heterocycles. The van der Waals surface area contributed by atoms with E-state index in [9.17, 15) is 8.42 Å². The number of nitrogens with two attached hydrogens (primary N) is 1. The molecule has 1 aliphatic rings. The number of sulfone groups is 1. The molecule has 0 aromatic heterocycles. The molecule has 5 heteroatoms. The Bertz CT molecular complexity index is 568. The first kappa shape index (κ1) is 15.2. The Labute approximate surface area is 121 Å². The highest BCUT2D eigenvalue weighted by Gasteiger charge is 2.37. The van der Waals surface area contributed by atoms with E-state index in [1.807, 2.05) is 0 Å². The molecule has 0 aliphatic heterocycles. The molecule has 0 amide bonds. The molecule has 1 aromatic rings. The van der Waals surface area contributed by atoms with Gasteiger partial charge < -0.3 is 10.5 Å². The molecule has 1 saturated carbocycles. The lowest BCUT2D eigenvalue weighted by Crippen LogP contribution is -2.32. The monoisotopic (exact) mass is 297 g/mol. The predicted octanol–water partition coefficient (Wildman–Crippen LogP) is 3.02. The molecule has 1 fully saturated rings. The largest absolute Gasteiger partial charge is 0.495 e. The summed E-state index contributed by atoms with van der Waals surface area (Å²) in [5.41, 5.74) is 6.21. The fourth-order valence-corrected chi connectivity index (χ4v) is 5.45. The van der Waals surface area contributed by atoms with Gasteiger partial charge in [-0.2, -0.15) is 0 Å². The normalized spacial score (nSPS) is 23.5. The standard InChI is InChI=1S/C15H23NO3S/c1-3-11-6-4-5-7-14(11)20(17,18)15-9-8-12(16)10-13(15)19-2/h8-11,14H,3-7,16H2,1-2H3. The van der Waals surface area contributed by atoms with Crippen LogP contribution in [0.1, 0.15) is 39.0 Å². The number of methoxy groups -OCH3 is 1. The number of anilines is 1. The van der Waals surface area contributed by atoms with Crippen molar-refractivity contribution in [1.29, 1.82) is 0 Å². The molecule has 2 rings (SSSR count). The second-order valence-electron chi connectivity index (χ2n) is 5.45. The molecular formula is C15H23NO3S. The Morgan fingerprint density at radius 1 is 1.30 bits per heavy atom. The molecule has 0 spiro atoms. The zero-order chi connectivity index (χ0) is 14.8.